The summed E-state index contributed by atoms with van der Waals surface area (Å²) in [4.78, 5) is 17.1. The summed E-state index contributed by atoms with van der Waals surface area (Å²) >= 11 is 0. The van der Waals surface area contributed by atoms with Gasteiger partial charge in [0.1, 0.15) is 5.75 Å². The van der Waals surface area contributed by atoms with Gasteiger partial charge >= 0.3 is 0 Å². The molecule has 1 aliphatic heterocycles. The zero-order valence-corrected chi connectivity index (χ0v) is 16.6. The Balaban J connectivity index is 1.78. The van der Waals surface area contributed by atoms with Crippen LogP contribution in [0.25, 0.3) is 0 Å². The van der Waals surface area contributed by atoms with Crippen molar-refractivity contribution in [3.63, 3.8) is 0 Å². The molecule has 142 valence electrons. The van der Waals surface area contributed by atoms with Gasteiger partial charge in [-0.05, 0) is 75.6 Å². The molecule has 4 heteroatoms. The number of likely N-dealkylation sites (tertiary alicyclic amines) is 1. The van der Waals surface area contributed by atoms with Crippen molar-refractivity contribution in [1.82, 2.24) is 9.80 Å². The number of nitrogens with zero attached hydrogens (tertiary/aromatic N) is 2. The first-order valence-corrected chi connectivity index (χ1v) is 10.3. The number of phenols is 1. The van der Waals surface area contributed by atoms with E-state index in [-0.39, 0.29) is 18.0 Å². The third-order valence-electron chi connectivity index (χ3n) is 7.25. The number of rotatable bonds is 3. The van der Waals surface area contributed by atoms with E-state index in [0.717, 1.165) is 30.6 Å². The molecule has 1 amide bonds. The number of carbonyl (C=O) groups excluding carboxylic acids is 1. The molecule has 4 atom stereocenters. The van der Waals surface area contributed by atoms with Crippen LogP contribution in [-0.2, 0) is 4.79 Å². The molecular formula is C22H32N2O2. The lowest BCUT2D eigenvalue weighted by molar-refractivity contribution is -0.132. The van der Waals surface area contributed by atoms with Crippen molar-refractivity contribution in [3.05, 3.63) is 28.3 Å². The summed E-state index contributed by atoms with van der Waals surface area (Å²) in [5, 5.41) is 11.0. The zero-order valence-electron chi connectivity index (χ0n) is 16.6. The number of carbonyl (C=O) groups is 1. The van der Waals surface area contributed by atoms with Crippen molar-refractivity contribution in [2.45, 2.75) is 70.9 Å². The lowest BCUT2D eigenvalue weighted by Crippen LogP contribution is -2.43. The van der Waals surface area contributed by atoms with Crippen molar-refractivity contribution in [2.75, 3.05) is 20.1 Å². The zero-order chi connectivity index (χ0) is 18.6. The second-order valence-corrected chi connectivity index (χ2v) is 8.57. The molecule has 26 heavy (non-hydrogen) atoms. The summed E-state index contributed by atoms with van der Waals surface area (Å²) in [7, 11) is 2.12. The first-order valence-electron chi connectivity index (χ1n) is 10.3. The average molecular weight is 357 g/mol. The largest absolute Gasteiger partial charge is 0.507 e. The van der Waals surface area contributed by atoms with Gasteiger partial charge in [-0.2, -0.15) is 0 Å². The van der Waals surface area contributed by atoms with Crippen LogP contribution in [0, 0.1) is 19.8 Å². The number of amides is 1. The second kappa shape index (κ2) is 6.56. The summed E-state index contributed by atoms with van der Waals surface area (Å²) in [6, 6.07) is 2.26. The van der Waals surface area contributed by atoms with Gasteiger partial charge < -0.3 is 10.0 Å². The van der Waals surface area contributed by atoms with Crippen LogP contribution in [0.4, 0.5) is 0 Å². The van der Waals surface area contributed by atoms with Crippen LogP contribution in [0.5, 0.6) is 5.75 Å². The van der Waals surface area contributed by atoms with Crippen LogP contribution in [-0.4, -0.2) is 47.0 Å². The molecule has 4 nitrogen and oxygen atoms in total. The van der Waals surface area contributed by atoms with Gasteiger partial charge in [-0.25, -0.2) is 0 Å². The average Bonchev–Trinajstić information content (AvgIpc) is 3.17. The van der Waals surface area contributed by atoms with E-state index in [2.05, 4.69) is 31.9 Å². The van der Waals surface area contributed by atoms with Gasteiger partial charge in [-0.1, -0.05) is 18.9 Å². The lowest BCUT2D eigenvalue weighted by Gasteiger charge is -2.37. The quantitative estimate of drug-likeness (QED) is 0.893. The number of benzene rings is 1. The monoisotopic (exact) mass is 356 g/mol. The second-order valence-electron chi connectivity index (χ2n) is 8.57. The van der Waals surface area contributed by atoms with Crippen LogP contribution in [0.15, 0.2) is 6.07 Å². The third kappa shape index (κ3) is 2.49. The highest BCUT2D eigenvalue weighted by molar-refractivity contribution is 5.84. The van der Waals surface area contributed by atoms with Gasteiger partial charge in [0.2, 0.25) is 5.91 Å². The molecular weight excluding hydrogens is 324 g/mol. The van der Waals surface area contributed by atoms with Gasteiger partial charge in [-0.15, -0.1) is 0 Å². The maximum absolute atomic E-state index is 12.8. The highest BCUT2D eigenvalue weighted by atomic mass is 16.3. The number of likely N-dealkylation sites (N-methyl/N-ethyl adjacent to an activating group) is 2. The molecule has 0 radical (unpaired) electrons. The maximum Gasteiger partial charge on any atom is 0.239 e. The molecule has 0 spiro atoms. The van der Waals surface area contributed by atoms with Crippen LogP contribution in [0.2, 0.25) is 0 Å². The van der Waals surface area contributed by atoms with Gasteiger partial charge in [0.25, 0.3) is 0 Å². The summed E-state index contributed by atoms with van der Waals surface area (Å²) in [5.41, 5.74) is 4.79. The highest BCUT2D eigenvalue weighted by Gasteiger charge is 2.49. The van der Waals surface area contributed by atoms with E-state index in [9.17, 15) is 9.90 Å². The van der Waals surface area contributed by atoms with E-state index < -0.39 is 0 Å². The number of hydrogen-bond donors (Lipinski definition) is 1. The molecule has 2 aliphatic carbocycles. The number of hydrogen-bond acceptors (Lipinski definition) is 3. The Hall–Kier alpha value is -1.55. The fraction of sp³-hybridized carbons (Fsp3) is 0.682. The minimum absolute atomic E-state index is 0.0475. The predicted molar refractivity (Wildman–Crippen MR) is 103 cm³/mol. The first kappa shape index (κ1) is 17.8. The Bertz CT molecular complexity index is 729. The van der Waals surface area contributed by atoms with E-state index in [1.807, 2.05) is 11.8 Å². The van der Waals surface area contributed by atoms with Crippen molar-refractivity contribution >= 4 is 5.91 Å². The number of aromatic hydroxyl groups is 1. The fourth-order valence-corrected chi connectivity index (χ4v) is 6.04. The molecule has 1 aromatic rings. The molecule has 0 aromatic heterocycles. The number of phenolic OH excluding ortho intramolecular Hbond substituents is 1. The van der Waals surface area contributed by atoms with Crippen molar-refractivity contribution in [2.24, 2.45) is 5.92 Å². The highest BCUT2D eigenvalue weighted by Crippen LogP contribution is 2.58. The lowest BCUT2D eigenvalue weighted by atomic mass is 9.77. The summed E-state index contributed by atoms with van der Waals surface area (Å²) in [5.74, 6) is 1.80. The van der Waals surface area contributed by atoms with Crippen molar-refractivity contribution < 1.29 is 9.90 Å². The Kier molecular flexibility index (Phi) is 4.50. The van der Waals surface area contributed by atoms with E-state index in [1.54, 1.807) is 0 Å². The predicted octanol–water partition coefficient (Wildman–Crippen LogP) is 3.89. The van der Waals surface area contributed by atoms with E-state index >= 15 is 0 Å². The Morgan fingerprint density at radius 1 is 1.15 bits per heavy atom. The Labute approximate surface area is 157 Å². The molecule has 1 saturated heterocycles. The van der Waals surface area contributed by atoms with Crippen LogP contribution < -0.4 is 0 Å². The molecule has 1 saturated carbocycles. The van der Waals surface area contributed by atoms with E-state index in [4.69, 9.17) is 0 Å². The molecule has 1 heterocycles. The van der Waals surface area contributed by atoms with Crippen molar-refractivity contribution in [3.8, 4) is 5.75 Å². The standard InChI is InChI=1S/C22H32N2O2/c1-5-24-11-10-17(22(24)26)23(4)20-16-9-7-6-8-15(16)18-13(2)12-14(3)21(25)19(18)20/h12,15-17,20,25H,5-11H2,1-4H3. The fourth-order valence-electron chi connectivity index (χ4n) is 6.04. The van der Waals surface area contributed by atoms with Crippen LogP contribution in [0.1, 0.15) is 73.2 Å². The maximum atomic E-state index is 12.8. The molecule has 3 aliphatic rings. The molecule has 1 N–H and O–H groups in total. The molecule has 0 bridgehead atoms. The van der Waals surface area contributed by atoms with Crippen LogP contribution >= 0.6 is 0 Å². The van der Waals surface area contributed by atoms with E-state index in [0.29, 0.717) is 17.6 Å². The Morgan fingerprint density at radius 3 is 2.58 bits per heavy atom. The smallest absolute Gasteiger partial charge is 0.239 e. The SMILES string of the molecule is CCN1CCC(N(C)C2c3c(O)c(C)cc(C)c3C3CCCCC32)C1=O. The molecule has 2 fully saturated rings. The summed E-state index contributed by atoms with van der Waals surface area (Å²) < 4.78 is 0. The Morgan fingerprint density at radius 2 is 1.88 bits per heavy atom. The molecule has 1 aromatic carbocycles. The number of aryl methyl sites for hydroxylation is 2. The van der Waals surface area contributed by atoms with Gasteiger partial charge in [0.05, 0.1) is 6.04 Å². The summed E-state index contributed by atoms with van der Waals surface area (Å²) in [6.45, 7) is 7.90. The van der Waals surface area contributed by atoms with Crippen LogP contribution in [0.3, 0.4) is 0 Å². The summed E-state index contributed by atoms with van der Waals surface area (Å²) in [6.07, 6.45) is 5.85. The minimum atomic E-state index is -0.0475. The van der Waals surface area contributed by atoms with Gasteiger partial charge in [-0.3, -0.25) is 9.69 Å². The normalized spacial score (nSPS) is 30.8. The third-order valence-corrected chi connectivity index (χ3v) is 7.25. The van der Waals surface area contributed by atoms with Crippen molar-refractivity contribution in [1.29, 1.82) is 0 Å². The topological polar surface area (TPSA) is 43.8 Å². The minimum Gasteiger partial charge on any atom is -0.507 e. The molecule has 4 unspecified atom stereocenters. The van der Waals surface area contributed by atoms with E-state index in [1.165, 1.54) is 36.8 Å². The van der Waals surface area contributed by atoms with Gasteiger partial charge in [0.15, 0.2) is 0 Å². The molecule has 4 rings (SSSR count). The van der Waals surface area contributed by atoms with Gasteiger partial charge in [0, 0.05) is 24.7 Å². The first-order chi connectivity index (χ1) is 12.5. The number of fused-ring (bicyclic) bond motifs is 3.